The van der Waals surface area contributed by atoms with Crippen molar-refractivity contribution in [1.29, 1.82) is 0 Å². The zero-order valence-electron chi connectivity index (χ0n) is 15.6. The summed E-state index contributed by atoms with van der Waals surface area (Å²) in [5.41, 5.74) is 2.84. The van der Waals surface area contributed by atoms with Gasteiger partial charge >= 0.3 is 5.97 Å². The number of carbonyl (C=O) groups excluding carboxylic acids is 3. The predicted octanol–water partition coefficient (Wildman–Crippen LogP) is 4.48. The number of aryl methyl sites for hydroxylation is 1. The molecule has 0 bridgehead atoms. The summed E-state index contributed by atoms with van der Waals surface area (Å²) in [6, 6.07) is 7.20. The van der Waals surface area contributed by atoms with E-state index in [9.17, 15) is 14.4 Å². The molecule has 2 N–H and O–H groups in total. The number of H-pyrrole nitrogens is 1. The highest BCUT2D eigenvalue weighted by Crippen LogP contribution is 2.29. The molecule has 0 fully saturated rings. The van der Waals surface area contributed by atoms with E-state index in [4.69, 9.17) is 4.74 Å². The van der Waals surface area contributed by atoms with E-state index in [1.807, 2.05) is 12.1 Å². The highest BCUT2D eigenvalue weighted by atomic mass is 32.1. The lowest BCUT2D eigenvalue weighted by atomic mass is 10.1. The maximum atomic E-state index is 12.6. The minimum atomic E-state index is -0.349. The van der Waals surface area contributed by atoms with Crippen LogP contribution in [0.4, 0.5) is 5.69 Å². The fraction of sp³-hybridized carbons (Fsp3) is 0.250. The molecule has 0 saturated carbocycles. The number of hydrogen-bond donors (Lipinski definition) is 2. The number of amides is 1. The minimum absolute atomic E-state index is 0.0773. The lowest BCUT2D eigenvalue weighted by molar-refractivity contribution is 0.0532. The van der Waals surface area contributed by atoms with Gasteiger partial charge in [-0.15, -0.1) is 11.3 Å². The number of anilines is 1. The third-order valence-electron chi connectivity index (χ3n) is 4.27. The van der Waals surface area contributed by atoms with Crippen molar-refractivity contribution < 1.29 is 19.1 Å². The summed E-state index contributed by atoms with van der Waals surface area (Å²) in [6.07, 6.45) is 0. The Balaban J connectivity index is 1.86. The summed E-state index contributed by atoms with van der Waals surface area (Å²) in [5.74, 6) is -0.742. The Hall–Kier alpha value is -2.93. The number of fused-ring (bicyclic) bond motifs is 1. The third kappa shape index (κ3) is 3.64. The van der Waals surface area contributed by atoms with Crippen molar-refractivity contribution in [2.75, 3.05) is 11.9 Å². The van der Waals surface area contributed by atoms with Crippen LogP contribution in [0.2, 0.25) is 0 Å². The number of esters is 1. The van der Waals surface area contributed by atoms with Crippen molar-refractivity contribution >= 4 is 44.8 Å². The van der Waals surface area contributed by atoms with Crippen molar-refractivity contribution in [3.05, 3.63) is 51.7 Å². The van der Waals surface area contributed by atoms with Gasteiger partial charge in [-0.05, 0) is 62.9 Å². The highest BCUT2D eigenvalue weighted by molar-refractivity contribution is 7.20. The molecule has 0 saturated heterocycles. The Morgan fingerprint density at radius 1 is 1.19 bits per heavy atom. The SMILES string of the molecule is CCOC(=O)c1cc2cc(NC(=O)c3[nH]c(C)c(C(C)=O)c3C)ccc2s1. The van der Waals surface area contributed by atoms with Gasteiger partial charge in [0.15, 0.2) is 5.78 Å². The van der Waals surface area contributed by atoms with E-state index in [2.05, 4.69) is 10.3 Å². The van der Waals surface area contributed by atoms with Crippen LogP contribution in [0.3, 0.4) is 0 Å². The first-order valence-corrected chi connectivity index (χ1v) is 9.35. The van der Waals surface area contributed by atoms with Gasteiger partial charge in [-0.3, -0.25) is 9.59 Å². The zero-order chi connectivity index (χ0) is 19.7. The monoisotopic (exact) mass is 384 g/mol. The molecule has 27 heavy (non-hydrogen) atoms. The van der Waals surface area contributed by atoms with Crippen LogP contribution >= 0.6 is 11.3 Å². The van der Waals surface area contributed by atoms with Crippen LogP contribution in [0, 0.1) is 13.8 Å². The second-order valence-electron chi connectivity index (χ2n) is 6.22. The summed E-state index contributed by atoms with van der Waals surface area (Å²) in [6.45, 7) is 7.10. The summed E-state index contributed by atoms with van der Waals surface area (Å²) >= 11 is 1.35. The first-order chi connectivity index (χ1) is 12.8. The van der Waals surface area contributed by atoms with Gasteiger partial charge in [-0.1, -0.05) is 0 Å². The van der Waals surface area contributed by atoms with Crippen LogP contribution in [0.25, 0.3) is 10.1 Å². The molecule has 0 aliphatic carbocycles. The van der Waals surface area contributed by atoms with E-state index >= 15 is 0 Å². The standard InChI is InChI=1S/C20H20N2O4S/c1-5-26-20(25)16-9-13-8-14(6-7-15(13)27-16)22-19(24)18-10(2)17(12(4)23)11(3)21-18/h6-9,21H,5H2,1-4H3,(H,22,24). The molecule has 1 aromatic carbocycles. The quantitative estimate of drug-likeness (QED) is 0.501. The van der Waals surface area contributed by atoms with E-state index in [0.717, 1.165) is 10.1 Å². The molecule has 2 heterocycles. The van der Waals surface area contributed by atoms with Crippen LogP contribution in [0.15, 0.2) is 24.3 Å². The second kappa shape index (κ2) is 7.36. The summed E-state index contributed by atoms with van der Waals surface area (Å²) in [4.78, 5) is 39.8. The number of Topliss-reactive ketones (excluding diaryl/α,β-unsaturated/α-hetero) is 1. The van der Waals surface area contributed by atoms with Gasteiger partial charge in [0.25, 0.3) is 5.91 Å². The van der Waals surface area contributed by atoms with Crippen LogP contribution < -0.4 is 5.32 Å². The number of rotatable bonds is 5. The largest absolute Gasteiger partial charge is 0.462 e. The normalized spacial score (nSPS) is 10.8. The van der Waals surface area contributed by atoms with Gasteiger partial charge in [0.2, 0.25) is 0 Å². The smallest absolute Gasteiger partial charge is 0.348 e. The maximum Gasteiger partial charge on any atom is 0.348 e. The van der Waals surface area contributed by atoms with Crippen LogP contribution in [0.1, 0.15) is 55.6 Å². The Morgan fingerprint density at radius 2 is 1.93 bits per heavy atom. The molecule has 6 nitrogen and oxygen atoms in total. The Labute approximate surface area is 160 Å². The van der Waals surface area contributed by atoms with Gasteiger partial charge in [0.1, 0.15) is 10.6 Å². The number of nitrogens with one attached hydrogen (secondary N) is 2. The molecular formula is C20H20N2O4S. The van der Waals surface area contributed by atoms with Crippen molar-refractivity contribution in [2.45, 2.75) is 27.7 Å². The lowest BCUT2D eigenvalue weighted by Crippen LogP contribution is -2.13. The molecule has 0 atom stereocenters. The van der Waals surface area contributed by atoms with Crippen molar-refractivity contribution in [2.24, 2.45) is 0 Å². The number of aromatic nitrogens is 1. The Morgan fingerprint density at radius 3 is 2.56 bits per heavy atom. The molecule has 140 valence electrons. The van der Waals surface area contributed by atoms with Gasteiger partial charge < -0.3 is 15.0 Å². The molecule has 3 rings (SSSR count). The van der Waals surface area contributed by atoms with Gasteiger partial charge in [0, 0.05) is 21.6 Å². The van der Waals surface area contributed by atoms with Crippen molar-refractivity contribution in [3.63, 3.8) is 0 Å². The van der Waals surface area contributed by atoms with Crippen LogP contribution in [0.5, 0.6) is 0 Å². The molecule has 0 unspecified atom stereocenters. The molecule has 7 heteroatoms. The topological polar surface area (TPSA) is 88.3 Å². The zero-order valence-corrected chi connectivity index (χ0v) is 16.4. The van der Waals surface area contributed by atoms with E-state index in [-0.39, 0.29) is 17.7 Å². The Bertz CT molecular complexity index is 1060. The van der Waals surface area contributed by atoms with E-state index in [1.54, 1.807) is 32.9 Å². The first kappa shape index (κ1) is 18.8. The fourth-order valence-corrected chi connectivity index (χ4v) is 4.06. The van der Waals surface area contributed by atoms with E-state index < -0.39 is 0 Å². The van der Waals surface area contributed by atoms with Gasteiger partial charge in [-0.2, -0.15) is 0 Å². The number of thiophene rings is 1. The minimum Gasteiger partial charge on any atom is -0.462 e. The average Bonchev–Trinajstić information content (AvgIpc) is 3.15. The average molecular weight is 384 g/mol. The summed E-state index contributed by atoms with van der Waals surface area (Å²) in [7, 11) is 0. The summed E-state index contributed by atoms with van der Waals surface area (Å²) < 4.78 is 5.96. The second-order valence-corrected chi connectivity index (χ2v) is 7.30. The molecule has 0 radical (unpaired) electrons. The van der Waals surface area contributed by atoms with E-state index in [1.165, 1.54) is 18.3 Å². The predicted molar refractivity (Wildman–Crippen MR) is 106 cm³/mol. The summed E-state index contributed by atoms with van der Waals surface area (Å²) in [5, 5.41) is 3.69. The fourth-order valence-electron chi connectivity index (χ4n) is 3.12. The number of ketones is 1. The molecule has 3 aromatic rings. The number of benzene rings is 1. The maximum absolute atomic E-state index is 12.6. The van der Waals surface area contributed by atoms with Gasteiger partial charge in [0.05, 0.1) is 6.61 Å². The van der Waals surface area contributed by atoms with Gasteiger partial charge in [-0.25, -0.2) is 4.79 Å². The lowest BCUT2D eigenvalue weighted by Gasteiger charge is -2.05. The third-order valence-corrected chi connectivity index (χ3v) is 5.36. The molecule has 2 aromatic heterocycles. The van der Waals surface area contributed by atoms with Crippen molar-refractivity contribution in [3.8, 4) is 0 Å². The first-order valence-electron chi connectivity index (χ1n) is 8.54. The number of aromatic amines is 1. The number of hydrogen-bond acceptors (Lipinski definition) is 5. The van der Waals surface area contributed by atoms with Crippen LogP contribution in [-0.4, -0.2) is 29.3 Å². The molecule has 0 aliphatic rings. The van der Waals surface area contributed by atoms with Crippen molar-refractivity contribution in [1.82, 2.24) is 4.98 Å². The van der Waals surface area contributed by atoms with Crippen LogP contribution in [-0.2, 0) is 4.74 Å². The van der Waals surface area contributed by atoms with E-state index in [0.29, 0.717) is 39.7 Å². The Kier molecular flexibility index (Phi) is 5.14. The molecule has 0 aliphatic heterocycles. The molecular weight excluding hydrogens is 364 g/mol. The number of carbonyl (C=O) groups is 3. The molecule has 1 amide bonds. The highest BCUT2D eigenvalue weighted by Gasteiger charge is 2.20. The number of ether oxygens (including phenoxy) is 1. The molecule has 0 spiro atoms.